The Bertz CT molecular complexity index is 804. The van der Waals surface area contributed by atoms with E-state index in [0.717, 1.165) is 37.7 Å². The molecular weight excluding hydrogens is 388 g/mol. The van der Waals surface area contributed by atoms with Crippen LogP contribution >= 0.6 is 11.3 Å². The molecule has 0 bridgehead atoms. The van der Waals surface area contributed by atoms with Crippen molar-refractivity contribution in [2.45, 2.75) is 78.7 Å². The molecule has 1 aromatic rings. The normalized spacial score (nSPS) is 19.9. The number of thiophene rings is 1. The van der Waals surface area contributed by atoms with Gasteiger partial charge >= 0.3 is 5.97 Å². The molecule has 2 atom stereocenters. The van der Waals surface area contributed by atoms with Crippen LogP contribution in [0.4, 0.5) is 5.00 Å². The van der Waals surface area contributed by atoms with Gasteiger partial charge in [0.05, 0.1) is 5.56 Å². The summed E-state index contributed by atoms with van der Waals surface area (Å²) in [6.45, 7) is 8.51. The summed E-state index contributed by atoms with van der Waals surface area (Å²) in [6, 6.07) is 0.253. The number of carboxylic acid groups (broad SMARTS) is 1. The second-order valence-electron chi connectivity index (χ2n) is 9.72. The number of aliphatic carboxylic acids is 1. The molecule has 0 aromatic carbocycles. The maximum absolute atomic E-state index is 12.9. The summed E-state index contributed by atoms with van der Waals surface area (Å²) < 4.78 is 0. The van der Waals surface area contributed by atoms with E-state index in [9.17, 15) is 14.4 Å². The Labute approximate surface area is 176 Å². The first-order valence-corrected chi connectivity index (χ1v) is 11.3. The molecule has 1 heterocycles. The lowest BCUT2D eigenvalue weighted by atomic mass is 9.72. The Balaban J connectivity index is 1.81. The second-order valence-corrected chi connectivity index (χ2v) is 10.8. The fourth-order valence-corrected chi connectivity index (χ4v) is 5.34. The van der Waals surface area contributed by atoms with Gasteiger partial charge in [-0.1, -0.05) is 27.7 Å². The van der Waals surface area contributed by atoms with Crippen molar-refractivity contribution in [2.24, 2.45) is 17.3 Å². The van der Waals surface area contributed by atoms with E-state index >= 15 is 0 Å². The van der Waals surface area contributed by atoms with Crippen LogP contribution in [0.25, 0.3) is 0 Å². The zero-order valence-corrected chi connectivity index (χ0v) is 18.6. The van der Waals surface area contributed by atoms with Crippen LogP contribution in [-0.4, -0.2) is 28.9 Å². The van der Waals surface area contributed by atoms with Gasteiger partial charge < -0.3 is 15.7 Å². The third kappa shape index (κ3) is 5.59. The number of nitrogens with one attached hydrogen (secondary N) is 2. The van der Waals surface area contributed by atoms with Crippen LogP contribution in [0.2, 0.25) is 0 Å². The molecule has 1 aromatic heterocycles. The molecule has 3 N–H and O–H groups in total. The second kappa shape index (κ2) is 8.46. The fourth-order valence-electron chi connectivity index (χ4n) is 4.00. The maximum atomic E-state index is 12.9. The van der Waals surface area contributed by atoms with Gasteiger partial charge in [-0.15, -0.1) is 11.3 Å². The summed E-state index contributed by atoms with van der Waals surface area (Å²) in [5.41, 5.74) is 1.92. The molecular formula is C22H32N2O4S. The summed E-state index contributed by atoms with van der Waals surface area (Å²) in [7, 11) is 0. The highest BCUT2D eigenvalue weighted by Gasteiger charge is 2.35. The standard InChI is InChI=1S/C22H32N2O4S/c1-12(10-18(26)27)9-17(25)24-21-19(20(28)23-14-6-7-14)15-8-5-13(22(2,3)4)11-16(15)29-21/h12-14H,5-11H2,1-4H3,(H,23,28)(H,24,25)(H,26,27)/t12-,13-/m1/s1. The number of carbonyl (C=O) groups is 3. The lowest BCUT2D eigenvalue weighted by Crippen LogP contribution is -2.29. The first kappa shape index (κ1) is 21.8. The molecule has 7 heteroatoms. The van der Waals surface area contributed by atoms with Crippen LogP contribution in [0.3, 0.4) is 0 Å². The van der Waals surface area contributed by atoms with Crippen molar-refractivity contribution < 1.29 is 19.5 Å². The maximum Gasteiger partial charge on any atom is 0.303 e. The molecule has 0 aliphatic heterocycles. The molecule has 1 saturated carbocycles. The molecule has 29 heavy (non-hydrogen) atoms. The Morgan fingerprint density at radius 2 is 1.86 bits per heavy atom. The van der Waals surface area contributed by atoms with Gasteiger partial charge in [0.1, 0.15) is 5.00 Å². The highest BCUT2D eigenvalue weighted by Crippen LogP contribution is 2.44. The van der Waals surface area contributed by atoms with Gasteiger partial charge in [-0.25, -0.2) is 0 Å². The van der Waals surface area contributed by atoms with E-state index in [1.54, 1.807) is 6.92 Å². The average Bonchev–Trinajstić information content (AvgIpc) is 3.31. The fraction of sp³-hybridized carbons (Fsp3) is 0.682. The number of fused-ring (bicyclic) bond motifs is 1. The summed E-state index contributed by atoms with van der Waals surface area (Å²) >= 11 is 1.52. The molecule has 6 nitrogen and oxygen atoms in total. The number of carboxylic acids is 1. The zero-order chi connectivity index (χ0) is 21.3. The number of hydrogen-bond acceptors (Lipinski definition) is 4. The van der Waals surface area contributed by atoms with E-state index in [0.29, 0.717) is 16.5 Å². The number of amides is 2. The van der Waals surface area contributed by atoms with Gasteiger partial charge in [0.25, 0.3) is 5.91 Å². The molecule has 0 radical (unpaired) electrons. The van der Waals surface area contributed by atoms with Gasteiger partial charge in [-0.05, 0) is 54.9 Å². The minimum Gasteiger partial charge on any atom is -0.481 e. The van der Waals surface area contributed by atoms with E-state index < -0.39 is 5.97 Å². The quantitative estimate of drug-likeness (QED) is 0.615. The minimum atomic E-state index is -0.908. The molecule has 160 valence electrons. The number of carbonyl (C=O) groups excluding carboxylic acids is 2. The predicted octanol–water partition coefficient (Wildman–Crippen LogP) is 4.23. The Hall–Kier alpha value is -1.89. The van der Waals surface area contributed by atoms with Crippen LogP contribution in [0.5, 0.6) is 0 Å². The molecule has 0 unspecified atom stereocenters. The Morgan fingerprint density at radius 1 is 1.17 bits per heavy atom. The van der Waals surface area contributed by atoms with Crippen molar-refractivity contribution in [3.63, 3.8) is 0 Å². The summed E-state index contributed by atoms with van der Waals surface area (Å²) in [5.74, 6) is -0.934. The van der Waals surface area contributed by atoms with Crippen LogP contribution < -0.4 is 10.6 Å². The van der Waals surface area contributed by atoms with Crippen molar-refractivity contribution in [3.8, 4) is 0 Å². The molecule has 2 aliphatic carbocycles. The van der Waals surface area contributed by atoms with Crippen molar-refractivity contribution in [1.29, 1.82) is 0 Å². The van der Waals surface area contributed by atoms with Crippen molar-refractivity contribution >= 4 is 34.1 Å². The van der Waals surface area contributed by atoms with Gasteiger partial charge in [-0.3, -0.25) is 14.4 Å². The largest absolute Gasteiger partial charge is 0.481 e. The first-order valence-electron chi connectivity index (χ1n) is 10.5. The first-order chi connectivity index (χ1) is 13.5. The van der Waals surface area contributed by atoms with Crippen LogP contribution in [-0.2, 0) is 22.4 Å². The molecule has 2 amide bonds. The van der Waals surface area contributed by atoms with Crippen LogP contribution in [0, 0.1) is 17.3 Å². The lowest BCUT2D eigenvalue weighted by molar-refractivity contribution is -0.138. The van der Waals surface area contributed by atoms with Gasteiger partial charge in [0.2, 0.25) is 5.91 Å². The number of anilines is 1. The van der Waals surface area contributed by atoms with Gasteiger partial charge in [0, 0.05) is 23.8 Å². The average molecular weight is 421 g/mol. The molecule has 1 fully saturated rings. The SMILES string of the molecule is C[C@@H](CC(=O)O)CC(=O)Nc1sc2c(c1C(=O)NC1CC1)CC[C@@H](C(C)(C)C)C2. The molecule has 2 aliphatic rings. The minimum absolute atomic E-state index is 0.0450. The Kier molecular flexibility index (Phi) is 6.36. The van der Waals surface area contributed by atoms with Crippen LogP contribution in [0.1, 0.15) is 80.6 Å². The highest BCUT2D eigenvalue weighted by atomic mass is 32.1. The Morgan fingerprint density at radius 3 is 2.45 bits per heavy atom. The van der Waals surface area contributed by atoms with E-state index in [2.05, 4.69) is 31.4 Å². The van der Waals surface area contributed by atoms with E-state index in [-0.39, 0.29) is 42.0 Å². The van der Waals surface area contributed by atoms with Crippen molar-refractivity contribution in [2.75, 3.05) is 5.32 Å². The van der Waals surface area contributed by atoms with Gasteiger partial charge in [-0.2, -0.15) is 0 Å². The number of rotatable bonds is 7. The third-order valence-corrected chi connectivity index (χ3v) is 7.11. The van der Waals surface area contributed by atoms with Crippen molar-refractivity contribution in [3.05, 3.63) is 16.0 Å². The summed E-state index contributed by atoms with van der Waals surface area (Å²) in [5, 5.41) is 15.5. The van der Waals surface area contributed by atoms with E-state index in [1.807, 2.05) is 0 Å². The lowest BCUT2D eigenvalue weighted by Gasteiger charge is -2.33. The molecule has 0 spiro atoms. The number of hydrogen-bond donors (Lipinski definition) is 3. The van der Waals surface area contributed by atoms with Crippen LogP contribution in [0.15, 0.2) is 0 Å². The summed E-state index contributed by atoms with van der Waals surface area (Å²) in [4.78, 5) is 37.5. The molecule has 0 saturated heterocycles. The predicted molar refractivity (Wildman–Crippen MR) is 114 cm³/mol. The van der Waals surface area contributed by atoms with E-state index in [4.69, 9.17) is 5.11 Å². The molecule has 3 rings (SSSR count). The van der Waals surface area contributed by atoms with Crippen molar-refractivity contribution in [1.82, 2.24) is 5.32 Å². The topological polar surface area (TPSA) is 95.5 Å². The smallest absolute Gasteiger partial charge is 0.303 e. The van der Waals surface area contributed by atoms with E-state index in [1.165, 1.54) is 16.2 Å². The van der Waals surface area contributed by atoms with Gasteiger partial charge in [0.15, 0.2) is 0 Å². The zero-order valence-electron chi connectivity index (χ0n) is 17.8. The highest BCUT2D eigenvalue weighted by molar-refractivity contribution is 7.17. The monoisotopic (exact) mass is 420 g/mol. The third-order valence-electron chi connectivity index (χ3n) is 5.94. The summed E-state index contributed by atoms with van der Waals surface area (Å²) in [6.07, 6.45) is 4.93.